The fourth-order valence-corrected chi connectivity index (χ4v) is 2.15. The molecule has 0 spiro atoms. The van der Waals surface area contributed by atoms with E-state index in [1.165, 1.54) is 0 Å². The van der Waals surface area contributed by atoms with Crippen LogP contribution in [0.15, 0.2) is 35.5 Å². The van der Waals surface area contributed by atoms with Gasteiger partial charge in [-0.05, 0) is 24.6 Å². The van der Waals surface area contributed by atoms with Gasteiger partial charge >= 0.3 is 0 Å². The summed E-state index contributed by atoms with van der Waals surface area (Å²) in [5, 5.41) is 4.10. The maximum atomic E-state index is 12.4. The van der Waals surface area contributed by atoms with Gasteiger partial charge in [0.1, 0.15) is 0 Å². The summed E-state index contributed by atoms with van der Waals surface area (Å²) in [6, 6.07) is 5.60. The fourth-order valence-electron chi connectivity index (χ4n) is 1.95. The van der Waals surface area contributed by atoms with E-state index < -0.39 is 0 Å². The van der Waals surface area contributed by atoms with Crippen LogP contribution in [0.1, 0.15) is 21.5 Å². The van der Waals surface area contributed by atoms with Crippen LogP contribution in [0, 0.1) is 6.92 Å². The van der Waals surface area contributed by atoms with Gasteiger partial charge in [0.2, 0.25) is 0 Å². The fraction of sp³-hybridized carbons (Fsp3) is 0.286. The van der Waals surface area contributed by atoms with Crippen LogP contribution >= 0.6 is 12.6 Å². The quantitative estimate of drug-likeness (QED) is 0.873. The van der Waals surface area contributed by atoms with Gasteiger partial charge < -0.3 is 4.90 Å². The first kappa shape index (κ1) is 13.7. The van der Waals surface area contributed by atoms with Crippen molar-refractivity contribution in [1.82, 2.24) is 14.7 Å². The molecule has 0 saturated carbocycles. The van der Waals surface area contributed by atoms with Crippen molar-refractivity contribution in [3.05, 3.63) is 47.3 Å². The van der Waals surface area contributed by atoms with Gasteiger partial charge in [-0.1, -0.05) is 6.07 Å². The zero-order chi connectivity index (χ0) is 14.0. The topological polar surface area (TPSA) is 38.1 Å². The van der Waals surface area contributed by atoms with Gasteiger partial charge in [0.05, 0.1) is 6.20 Å². The maximum Gasteiger partial charge on any atom is 0.254 e. The van der Waals surface area contributed by atoms with Crippen molar-refractivity contribution in [1.29, 1.82) is 0 Å². The molecule has 0 saturated heterocycles. The average molecular weight is 275 g/mol. The Labute approximate surface area is 118 Å². The molecule has 4 nitrogen and oxygen atoms in total. The van der Waals surface area contributed by atoms with Gasteiger partial charge in [0, 0.05) is 42.9 Å². The number of aryl methyl sites for hydroxylation is 2. The lowest BCUT2D eigenvalue weighted by atomic mass is 10.1. The molecule has 1 amide bonds. The first-order valence-corrected chi connectivity index (χ1v) is 6.44. The molecule has 1 aromatic heterocycles. The van der Waals surface area contributed by atoms with E-state index in [0.29, 0.717) is 12.1 Å². The average Bonchev–Trinajstić information content (AvgIpc) is 2.77. The number of aromatic nitrogens is 2. The molecule has 0 unspecified atom stereocenters. The molecule has 0 fully saturated rings. The predicted molar refractivity (Wildman–Crippen MR) is 77.4 cm³/mol. The normalized spacial score (nSPS) is 10.5. The SMILES string of the molecule is Cc1ccc(S)cc1C(=O)N(C)Cc1cnn(C)c1. The molecule has 0 aliphatic heterocycles. The Morgan fingerprint density at radius 2 is 2.21 bits per heavy atom. The molecule has 19 heavy (non-hydrogen) atoms. The molecule has 0 aliphatic rings. The first-order chi connectivity index (χ1) is 8.97. The molecule has 2 aromatic rings. The highest BCUT2D eigenvalue weighted by atomic mass is 32.1. The van der Waals surface area contributed by atoms with Crippen LogP contribution in [0.5, 0.6) is 0 Å². The number of nitrogens with zero attached hydrogens (tertiary/aromatic N) is 3. The lowest BCUT2D eigenvalue weighted by Crippen LogP contribution is -2.26. The molecule has 0 atom stereocenters. The Morgan fingerprint density at radius 3 is 2.84 bits per heavy atom. The molecule has 0 N–H and O–H groups in total. The van der Waals surface area contributed by atoms with Crippen LogP contribution in [0.4, 0.5) is 0 Å². The monoisotopic (exact) mass is 275 g/mol. The van der Waals surface area contributed by atoms with Crippen LogP contribution in [0.2, 0.25) is 0 Å². The summed E-state index contributed by atoms with van der Waals surface area (Å²) < 4.78 is 1.73. The van der Waals surface area contributed by atoms with Gasteiger partial charge in [0.25, 0.3) is 5.91 Å². The van der Waals surface area contributed by atoms with Crippen molar-refractivity contribution >= 4 is 18.5 Å². The third-order valence-electron chi connectivity index (χ3n) is 2.98. The molecule has 100 valence electrons. The van der Waals surface area contributed by atoms with Gasteiger partial charge in [-0.2, -0.15) is 5.10 Å². The molecular weight excluding hydrogens is 258 g/mol. The second kappa shape index (κ2) is 5.48. The minimum atomic E-state index is -0.00254. The van der Waals surface area contributed by atoms with Crippen molar-refractivity contribution in [2.45, 2.75) is 18.4 Å². The highest BCUT2D eigenvalue weighted by Crippen LogP contribution is 2.16. The minimum Gasteiger partial charge on any atom is -0.337 e. The molecule has 1 aromatic carbocycles. The van der Waals surface area contributed by atoms with Crippen molar-refractivity contribution in [2.24, 2.45) is 7.05 Å². The minimum absolute atomic E-state index is 0.00254. The second-order valence-electron chi connectivity index (χ2n) is 4.68. The number of carbonyl (C=O) groups excluding carboxylic acids is 1. The molecule has 5 heteroatoms. The standard InChI is InChI=1S/C14H17N3OS/c1-10-4-5-12(19)6-13(10)14(18)16(2)8-11-7-15-17(3)9-11/h4-7,9,19H,8H2,1-3H3. The lowest BCUT2D eigenvalue weighted by Gasteiger charge is -2.17. The second-order valence-corrected chi connectivity index (χ2v) is 5.20. The van der Waals surface area contributed by atoms with Crippen molar-refractivity contribution in [2.75, 3.05) is 7.05 Å². The highest BCUT2D eigenvalue weighted by molar-refractivity contribution is 7.80. The maximum absolute atomic E-state index is 12.4. The molecule has 2 rings (SSSR count). The van der Waals surface area contributed by atoms with Crippen LogP contribution in [-0.2, 0) is 13.6 Å². The first-order valence-electron chi connectivity index (χ1n) is 6.00. The van der Waals surface area contributed by atoms with Crippen molar-refractivity contribution in [3.8, 4) is 0 Å². The van der Waals surface area contributed by atoms with Gasteiger partial charge in [-0.25, -0.2) is 0 Å². The summed E-state index contributed by atoms with van der Waals surface area (Å²) in [5.41, 5.74) is 2.66. The van der Waals surface area contributed by atoms with E-state index in [-0.39, 0.29) is 5.91 Å². The summed E-state index contributed by atoms with van der Waals surface area (Å²) in [5.74, 6) is -0.00254. The molecule has 0 radical (unpaired) electrons. The van der Waals surface area contributed by atoms with Crippen LogP contribution in [0.25, 0.3) is 0 Å². The number of rotatable bonds is 3. The van der Waals surface area contributed by atoms with Crippen LogP contribution in [-0.4, -0.2) is 27.6 Å². The smallest absolute Gasteiger partial charge is 0.254 e. The Kier molecular flexibility index (Phi) is 3.95. The van der Waals surface area contributed by atoms with E-state index in [2.05, 4.69) is 17.7 Å². The number of hydrogen-bond donors (Lipinski definition) is 1. The van der Waals surface area contributed by atoms with Gasteiger partial charge in [0.15, 0.2) is 0 Å². The van der Waals surface area contributed by atoms with E-state index in [9.17, 15) is 4.79 Å². The number of hydrogen-bond acceptors (Lipinski definition) is 3. The van der Waals surface area contributed by atoms with E-state index >= 15 is 0 Å². The van der Waals surface area contributed by atoms with Gasteiger partial charge in [-0.3, -0.25) is 9.48 Å². The highest BCUT2D eigenvalue weighted by Gasteiger charge is 2.15. The number of thiol groups is 1. The summed E-state index contributed by atoms with van der Waals surface area (Å²) in [6.45, 7) is 2.47. The van der Waals surface area contributed by atoms with Crippen molar-refractivity contribution in [3.63, 3.8) is 0 Å². The predicted octanol–water partition coefficient (Wildman–Crippen LogP) is 2.29. The number of benzene rings is 1. The Balaban J connectivity index is 2.16. The van der Waals surface area contributed by atoms with Crippen molar-refractivity contribution < 1.29 is 4.79 Å². The zero-order valence-corrected chi connectivity index (χ0v) is 12.2. The van der Waals surface area contributed by atoms with Crippen LogP contribution < -0.4 is 0 Å². The number of amides is 1. The Morgan fingerprint density at radius 1 is 1.47 bits per heavy atom. The Hall–Kier alpha value is -1.75. The molecule has 0 bridgehead atoms. The third kappa shape index (κ3) is 3.17. The molecular formula is C14H17N3OS. The van der Waals surface area contributed by atoms with E-state index in [4.69, 9.17) is 0 Å². The summed E-state index contributed by atoms with van der Waals surface area (Å²) in [7, 11) is 3.65. The zero-order valence-electron chi connectivity index (χ0n) is 11.3. The summed E-state index contributed by atoms with van der Waals surface area (Å²) in [6.07, 6.45) is 3.68. The van der Waals surface area contributed by atoms with E-state index in [0.717, 1.165) is 16.0 Å². The van der Waals surface area contributed by atoms with E-state index in [1.54, 1.807) is 28.9 Å². The Bertz CT molecular complexity index is 606. The molecule has 0 aliphatic carbocycles. The molecule has 1 heterocycles. The summed E-state index contributed by atoms with van der Waals surface area (Å²) >= 11 is 4.28. The third-order valence-corrected chi connectivity index (χ3v) is 3.25. The summed E-state index contributed by atoms with van der Waals surface area (Å²) in [4.78, 5) is 14.9. The number of carbonyl (C=O) groups is 1. The van der Waals surface area contributed by atoms with Gasteiger partial charge in [-0.15, -0.1) is 12.6 Å². The van der Waals surface area contributed by atoms with Crippen LogP contribution in [0.3, 0.4) is 0 Å². The van der Waals surface area contributed by atoms with E-state index in [1.807, 2.05) is 32.3 Å². The largest absolute Gasteiger partial charge is 0.337 e. The lowest BCUT2D eigenvalue weighted by molar-refractivity contribution is 0.0784.